The van der Waals surface area contributed by atoms with Gasteiger partial charge in [0.1, 0.15) is 23.0 Å². The molecule has 0 fully saturated rings. The number of benzene rings is 8. The van der Waals surface area contributed by atoms with Gasteiger partial charge in [-0.3, -0.25) is 0 Å². The van der Waals surface area contributed by atoms with E-state index in [2.05, 4.69) is 215 Å². The van der Waals surface area contributed by atoms with Crippen molar-refractivity contribution in [3.8, 4) is 28.7 Å². The van der Waals surface area contributed by atoms with Crippen molar-refractivity contribution in [3.63, 3.8) is 0 Å². The molecular formula is C54H45BN2O2. The second-order valence-electron chi connectivity index (χ2n) is 18.2. The number of hydrogen-bond acceptors (Lipinski definition) is 3. The van der Waals surface area contributed by atoms with E-state index in [-0.39, 0.29) is 17.5 Å². The molecule has 0 spiro atoms. The molecule has 0 radical (unpaired) electrons. The summed E-state index contributed by atoms with van der Waals surface area (Å²) in [5.74, 6) is 3.65. The molecule has 0 aliphatic carbocycles. The lowest BCUT2D eigenvalue weighted by Gasteiger charge is -2.39. The first-order chi connectivity index (χ1) is 28.5. The van der Waals surface area contributed by atoms with Crippen LogP contribution >= 0.6 is 0 Å². The number of anilines is 3. The third-order valence-corrected chi connectivity index (χ3v) is 12.3. The van der Waals surface area contributed by atoms with E-state index in [9.17, 15) is 0 Å². The monoisotopic (exact) mass is 764 g/mol. The number of hydrogen-bond donors (Lipinski definition) is 0. The summed E-state index contributed by atoms with van der Waals surface area (Å²) < 4.78 is 16.9. The van der Waals surface area contributed by atoms with Crippen molar-refractivity contribution in [2.45, 2.75) is 52.4 Å². The molecule has 0 saturated carbocycles. The fraction of sp³-hybridized carbons (Fsp3) is 0.148. The fourth-order valence-electron chi connectivity index (χ4n) is 9.56. The molecule has 0 amide bonds. The van der Waals surface area contributed by atoms with Gasteiger partial charge in [-0.15, -0.1) is 0 Å². The molecule has 0 atom stereocenters. The summed E-state index contributed by atoms with van der Waals surface area (Å²) in [5.41, 5.74) is 12.2. The standard InChI is InChI=1S/C54H45BN2O2/c1-53(2,3)42-32-43(54(4,5)6)52-50-51(42)58-47-29-26-34-18-16-17-25-39(34)49(47)55(50)44-33-46-41(31-48(44)59-52)40-28-27-38(30-45(40)57(46)37-23-14-9-15-24-37)56(35-19-10-7-11-20-35)36-21-12-8-13-22-36/h7-33H,1-6H3. The molecular weight excluding hydrogens is 719 g/mol. The predicted octanol–water partition coefficient (Wildman–Crippen LogP) is 12.7. The minimum absolute atomic E-state index is 0.115. The van der Waals surface area contributed by atoms with E-state index in [1.54, 1.807) is 0 Å². The Bertz CT molecular complexity index is 3080. The van der Waals surface area contributed by atoms with Gasteiger partial charge < -0.3 is 18.9 Å². The van der Waals surface area contributed by atoms with Crippen LogP contribution in [-0.4, -0.2) is 11.3 Å². The van der Waals surface area contributed by atoms with Crippen LogP contribution < -0.4 is 30.8 Å². The topological polar surface area (TPSA) is 26.6 Å². The molecule has 1 aromatic heterocycles. The van der Waals surface area contributed by atoms with Gasteiger partial charge in [-0.25, -0.2) is 0 Å². The first-order valence-electron chi connectivity index (χ1n) is 20.7. The Morgan fingerprint density at radius 3 is 1.68 bits per heavy atom. The Balaban J connectivity index is 1.24. The summed E-state index contributed by atoms with van der Waals surface area (Å²) in [6, 6.07) is 59.1. The van der Waals surface area contributed by atoms with Crippen LogP contribution in [0.1, 0.15) is 52.7 Å². The first kappa shape index (κ1) is 35.4. The van der Waals surface area contributed by atoms with Crippen molar-refractivity contribution in [1.82, 2.24) is 4.57 Å². The molecule has 0 bridgehead atoms. The lowest BCUT2D eigenvalue weighted by Crippen LogP contribution is -2.58. The van der Waals surface area contributed by atoms with Gasteiger partial charge in [-0.2, -0.15) is 0 Å². The normalized spacial score (nSPS) is 13.2. The highest BCUT2D eigenvalue weighted by atomic mass is 16.5. The van der Waals surface area contributed by atoms with Crippen LogP contribution in [0.3, 0.4) is 0 Å². The molecule has 59 heavy (non-hydrogen) atoms. The smallest absolute Gasteiger partial charge is 0.261 e. The zero-order valence-electron chi connectivity index (χ0n) is 34.4. The maximum atomic E-state index is 7.33. The number of nitrogens with zero attached hydrogens (tertiary/aromatic N) is 2. The molecule has 5 heteroatoms. The largest absolute Gasteiger partial charge is 0.458 e. The van der Waals surface area contributed by atoms with E-state index in [4.69, 9.17) is 9.47 Å². The number of ether oxygens (including phenoxy) is 2. The summed E-state index contributed by atoms with van der Waals surface area (Å²) >= 11 is 0. The number of para-hydroxylation sites is 3. The highest BCUT2D eigenvalue weighted by Gasteiger charge is 2.46. The summed E-state index contributed by atoms with van der Waals surface area (Å²) in [6.45, 7) is 13.6. The second kappa shape index (κ2) is 12.9. The van der Waals surface area contributed by atoms with E-state index in [0.29, 0.717) is 0 Å². The summed E-state index contributed by atoms with van der Waals surface area (Å²) in [7, 11) is 0. The third kappa shape index (κ3) is 5.52. The molecule has 2 aliphatic rings. The molecule has 0 unspecified atom stereocenters. The molecule has 8 aromatic carbocycles. The van der Waals surface area contributed by atoms with Crippen molar-refractivity contribution in [2.24, 2.45) is 0 Å². The molecule has 11 rings (SSSR count). The molecule has 9 aromatic rings. The SMILES string of the molecule is CC(C)(C)c1cc(C(C)(C)C)c2c3c1Oc1cc4c5ccc(N(c6ccccc6)c6ccccc6)cc5n(-c5ccccc5)c4cc1B3c1c(ccc3ccccc13)O2. The Morgan fingerprint density at radius 1 is 0.458 bits per heavy atom. The van der Waals surface area contributed by atoms with Crippen molar-refractivity contribution in [2.75, 3.05) is 4.90 Å². The lowest BCUT2D eigenvalue weighted by molar-refractivity contribution is 0.433. The van der Waals surface area contributed by atoms with Gasteiger partial charge in [0.25, 0.3) is 6.71 Å². The predicted molar refractivity (Wildman–Crippen MR) is 248 cm³/mol. The quantitative estimate of drug-likeness (QED) is 0.167. The van der Waals surface area contributed by atoms with Crippen LogP contribution in [0.15, 0.2) is 164 Å². The van der Waals surface area contributed by atoms with Crippen LogP contribution in [0.5, 0.6) is 23.0 Å². The van der Waals surface area contributed by atoms with Crippen LogP contribution in [0, 0.1) is 0 Å². The maximum absolute atomic E-state index is 7.33. The van der Waals surface area contributed by atoms with Crippen molar-refractivity contribution >= 4 is 72.7 Å². The van der Waals surface area contributed by atoms with E-state index in [1.165, 1.54) is 32.7 Å². The lowest BCUT2D eigenvalue weighted by atomic mass is 9.33. The first-order valence-corrected chi connectivity index (χ1v) is 20.7. The summed E-state index contributed by atoms with van der Waals surface area (Å²) in [4.78, 5) is 2.34. The van der Waals surface area contributed by atoms with E-state index < -0.39 is 0 Å². The fourth-order valence-corrected chi connectivity index (χ4v) is 9.56. The molecule has 4 nitrogen and oxygen atoms in total. The average molecular weight is 765 g/mol. The van der Waals surface area contributed by atoms with E-state index in [0.717, 1.165) is 73.1 Å². The van der Waals surface area contributed by atoms with E-state index >= 15 is 0 Å². The minimum Gasteiger partial charge on any atom is -0.458 e. The van der Waals surface area contributed by atoms with Gasteiger partial charge in [-0.05, 0) is 105 Å². The third-order valence-electron chi connectivity index (χ3n) is 12.3. The van der Waals surface area contributed by atoms with Crippen LogP contribution in [0.4, 0.5) is 17.1 Å². The maximum Gasteiger partial charge on any atom is 0.261 e. The van der Waals surface area contributed by atoms with Gasteiger partial charge in [0.15, 0.2) is 0 Å². The van der Waals surface area contributed by atoms with Crippen LogP contribution in [0.2, 0.25) is 0 Å². The summed E-state index contributed by atoms with van der Waals surface area (Å²) in [5, 5.41) is 4.72. The van der Waals surface area contributed by atoms with Crippen LogP contribution in [-0.2, 0) is 10.8 Å². The van der Waals surface area contributed by atoms with Crippen molar-refractivity contribution in [1.29, 1.82) is 0 Å². The van der Waals surface area contributed by atoms with Gasteiger partial charge in [0.2, 0.25) is 0 Å². The van der Waals surface area contributed by atoms with Gasteiger partial charge >= 0.3 is 0 Å². The van der Waals surface area contributed by atoms with E-state index in [1.807, 2.05) is 0 Å². The Kier molecular flexibility index (Phi) is 7.75. The second-order valence-corrected chi connectivity index (χ2v) is 18.2. The average Bonchev–Trinajstić information content (AvgIpc) is 3.55. The molecule has 3 heterocycles. The Morgan fingerprint density at radius 2 is 1.03 bits per heavy atom. The zero-order valence-corrected chi connectivity index (χ0v) is 34.4. The number of fused-ring (bicyclic) bond motifs is 9. The zero-order chi connectivity index (χ0) is 40.2. The van der Waals surface area contributed by atoms with Crippen molar-refractivity contribution in [3.05, 3.63) is 175 Å². The molecule has 286 valence electrons. The number of aromatic nitrogens is 1. The molecule has 0 N–H and O–H groups in total. The highest BCUT2D eigenvalue weighted by Crippen LogP contribution is 2.48. The molecule has 2 aliphatic heterocycles. The highest BCUT2D eigenvalue weighted by molar-refractivity contribution is 6.99. The van der Waals surface area contributed by atoms with Crippen molar-refractivity contribution < 1.29 is 9.47 Å². The molecule has 0 saturated heterocycles. The summed E-state index contributed by atoms with van der Waals surface area (Å²) in [6.07, 6.45) is 0. The Hall–Kier alpha value is -6.72. The number of rotatable bonds is 4. The van der Waals surface area contributed by atoms with Crippen LogP contribution in [0.25, 0.3) is 38.3 Å². The van der Waals surface area contributed by atoms with Gasteiger partial charge in [0.05, 0.1) is 11.0 Å². The van der Waals surface area contributed by atoms with Gasteiger partial charge in [0, 0.05) is 50.1 Å². The van der Waals surface area contributed by atoms with Gasteiger partial charge in [-0.1, -0.05) is 133 Å². The Labute approximate surface area is 346 Å². The minimum atomic E-state index is -0.182.